The molecular formula is C8H13BrO2. The molecule has 0 saturated carbocycles. The minimum absolute atomic E-state index is 0.0593. The lowest BCUT2D eigenvalue weighted by Crippen LogP contribution is -2.39. The predicted octanol–water partition coefficient (Wildman–Crippen LogP) is 2.26. The lowest BCUT2D eigenvalue weighted by molar-refractivity contribution is -0.169. The van der Waals surface area contributed by atoms with Gasteiger partial charge in [-0.1, -0.05) is 35.7 Å². The summed E-state index contributed by atoms with van der Waals surface area (Å²) in [5, 5.41) is 0. The van der Waals surface area contributed by atoms with Crippen LogP contribution < -0.4 is 0 Å². The van der Waals surface area contributed by atoms with Gasteiger partial charge >= 0.3 is 5.97 Å². The molecule has 0 bridgehead atoms. The molecule has 1 saturated heterocycles. The van der Waals surface area contributed by atoms with Crippen LogP contribution in [0.3, 0.4) is 0 Å². The summed E-state index contributed by atoms with van der Waals surface area (Å²) in [6, 6.07) is 0. The quantitative estimate of drug-likeness (QED) is 0.537. The number of halogens is 1. The molecule has 0 N–H and O–H groups in total. The Labute approximate surface area is 75.4 Å². The van der Waals surface area contributed by atoms with Crippen LogP contribution in [0.15, 0.2) is 0 Å². The van der Waals surface area contributed by atoms with Crippen LogP contribution in [0.4, 0.5) is 0 Å². The number of cyclic esters (lactones) is 1. The number of rotatable bonds is 4. The van der Waals surface area contributed by atoms with Gasteiger partial charge in [0, 0.05) is 0 Å². The van der Waals surface area contributed by atoms with E-state index in [1.165, 1.54) is 12.8 Å². The number of hydrogen-bond donors (Lipinski definition) is 0. The first-order chi connectivity index (χ1) is 5.24. The SMILES string of the molecule is CCCC[C@H](Br)[C@H]1CC(=O)O1. The fourth-order valence-electron chi connectivity index (χ4n) is 1.11. The summed E-state index contributed by atoms with van der Waals surface area (Å²) in [4.78, 5) is 10.8. The smallest absolute Gasteiger partial charge is 0.309 e. The molecule has 2 nitrogen and oxygen atoms in total. The van der Waals surface area contributed by atoms with Gasteiger partial charge in [-0.25, -0.2) is 0 Å². The van der Waals surface area contributed by atoms with Crippen molar-refractivity contribution in [2.45, 2.75) is 43.5 Å². The highest BCUT2D eigenvalue weighted by Crippen LogP contribution is 2.25. The number of unbranched alkanes of at least 4 members (excludes halogenated alkanes) is 1. The van der Waals surface area contributed by atoms with Crippen LogP contribution in [0.2, 0.25) is 0 Å². The Balaban J connectivity index is 2.10. The minimum Gasteiger partial charge on any atom is -0.460 e. The first kappa shape index (κ1) is 9.04. The number of alkyl halides is 1. The molecule has 1 aliphatic rings. The highest BCUT2D eigenvalue weighted by Gasteiger charge is 2.33. The van der Waals surface area contributed by atoms with Crippen molar-refractivity contribution in [1.82, 2.24) is 0 Å². The van der Waals surface area contributed by atoms with Gasteiger partial charge < -0.3 is 4.74 Å². The molecule has 64 valence electrons. The van der Waals surface area contributed by atoms with Gasteiger partial charge in [0.05, 0.1) is 11.2 Å². The molecule has 0 aliphatic carbocycles. The first-order valence-electron chi connectivity index (χ1n) is 4.07. The van der Waals surface area contributed by atoms with E-state index in [-0.39, 0.29) is 12.1 Å². The molecule has 0 spiro atoms. The van der Waals surface area contributed by atoms with Gasteiger partial charge in [-0.05, 0) is 6.42 Å². The molecule has 0 aromatic carbocycles. The van der Waals surface area contributed by atoms with Crippen LogP contribution >= 0.6 is 15.9 Å². The number of carbonyl (C=O) groups excluding carboxylic acids is 1. The molecule has 0 radical (unpaired) electrons. The Morgan fingerprint density at radius 1 is 1.82 bits per heavy atom. The Morgan fingerprint density at radius 3 is 2.91 bits per heavy atom. The zero-order valence-electron chi connectivity index (χ0n) is 6.68. The second-order valence-corrected chi connectivity index (χ2v) is 4.07. The van der Waals surface area contributed by atoms with E-state index in [1.807, 2.05) is 0 Å². The molecule has 1 rings (SSSR count). The van der Waals surface area contributed by atoms with E-state index >= 15 is 0 Å². The summed E-state index contributed by atoms with van der Waals surface area (Å²) in [5.41, 5.74) is 0. The van der Waals surface area contributed by atoms with Gasteiger partial charge in [0.1, 0.15) is 6.10 Å². The maximum Gasteiger partial charge on any atom is 0.309 e. The summed E-state index contributed by atoms with van der Waals surface area (Å²) in [7, 11) is 0. The number of esters is 1. The van der Waals surface area contributed by atoms with E-state index in [9.17, 15) is 4.79 Å². The van der Waals surface area contributed by atoms with Crippen LogP contribution in [0.1, 0.15) is 32.6 Å². The van der Waals surface area contributed by atoms with Crippen molar-refractivity contribution in [1.29, 1.82) is 0 Å². The monoisotopic (exact) mass is 220 g/mol. The van der Waals surface area contributed by atoms with Crippen molar-refractivity contribution in [3.63, 3.8) is 0 Å². The van der Waals surface area contributed by atoms with Gasteiger partial charge in [-0.15, -0.1) is 0 Å². The van der Waals surface area contributed by atoms with E-state index in [2.05, 4.69) is 22.9 Å². The Kier molecular flexibility index (Phi) is 3.37. The molecule has 0 aromatic heterocycles. The molecule has 1 heterocycles. The van der Waals surface area contributed by atoms with Crippen LogP contribution in [0.5, 0.6) is 0 Å². The average Bonchev–Trinajstić information content (AvgIpc) is 1.94. The van der Waals surface area contributed by atoms with Crippen LogP contribution in [-0.2, 0) is 9.53 Å². The van der Waals surface area contributed by atoms with Crippen LogP contribution in [-0.4, -0.2) is 16.9 Å². The van der Waals surface area contributed by atoms with Crippen molar-refractivity contribution in [3.8, 4) is 0 Å². The number of hydrogen-bond acceptors (Lipinski definition) is 2. The van der Waals surface area contributed by atoms with E-state index in [4.69, 9.17) is 4.74 Å². The Morgan fingerprint density at radius 2 is 2.45 bits per heavy atom. The summed E-state index contributed by atoms with van der Waals surface area (Å²) in [5.74, 6) is -0.0593. The van der Waals surface area contributed by atoms with Gasteiger partial charge in [0.25, 0.3) is 0 Å². The van der Waals surface area contributed by atoms with E-state index in [0.717, 1.165) is 6.42 Å². The second-order valence-electron chi connectivity index (χ2n) is 2.89. The van der Waals surface area contributed by atoms with Gasteiger partial charge in [0.15, 0.2) is 0 Å². The number of carbonyl (C=O) groups is 1. The third kappa shape index (κ3) is 2.47. The zero-order chi connectivity index (χ0) is 8.27. The molecule has 0 aromatic rings. The molecule has 3 heteroatoms. The molecular weight excluding hydrogens is 208 g/mol. The summed E-state index contributed by atoms with van der Waals surface area (Å²) in [6.45, 7) is 2.16. The van der Waals surface area contributed by atoms with E-state index < -0.39 is 0 Å². The summed E-state index contributed by atoms with van der Waals surface area (Å²) in [6.07, 6.45) is 4.25. The van der Waals surface area contributed by atoms with Crippen LogP contribution in [0.25, 0.3) is 0 Å². The normalized spacial score (nSPS) is 25.6. The highest BCUT2D eigenvalue weighted by molar-refractivity contribution is 9.09. The third-order valence-electron chi connectivity index (χ3n) is 1.89. The van der Waals surface area contributed by atoms with Gasteiger partial charge in [-0.3, -0.25) is 4.79 Å². The molecule has 0 unspecified atom stereocenters. The molecule has 11 heavy (non-hydrogen) atoms. The van der Waals surface area contributed by atoms with E-state index in [1.54, 1.807) is 0 Å². The fraction of sp³-hybridized carbons (Fsp3) is 0.875. The summed E-state index contributed by atoms with van der Waals surface area (Å²) >= 11 is 3.51. The maximum absolute atomic E-state index is 10.4. The molecule has 2 atom stereocenters. The Hall–Kier alpha value is -0.0500. The molecule has 1 fully saturated rings. The minimum atomic E-state index is -0.0593. The molecule has 1 aliphatic heterocycles. The van der Waals surface area contributed by atoms with Crippen molar-refractivity contribution in [3.05, 3.63) is 0 Å². The predicted molar refractivity (Wildman–Crippen MR) is 46.7 cm³/mol. The fourth-order valence-corrected chi connectivity index (χ4v) is 1.73. The van der Waals surface area contributed by atoms with Crippen molar-refractivity contribution >= 4 is 21.9 Å². The first-order valence-corrected chi connectivity index (χ1v) is 4.99. The van der Waals surface area contributed by atoms with Gasteiger partial charge in [-0.2, -0.15) is 0 Å². The van der Waals surface area contributed by atoms with Crippen molar-refractivity contribution < 1.29 is 9.53 Å². The third-order valence-corrected chi connectivity index (χ3v) is 2.94. The average molecular weight is 221 g/mol. The zero-order valence-corrected chi connectivity index (χ0v) is 8.26. The van der Waals surface area contributed by atoms with E-state index in [0.29, 0.717) is 11.2 Å². The van der Waals surface area contributed by atoms with Crippen LogP contribution in [0, 0.1) is 0 Å². The second kappa shape index (κ2) is 4.10. The standard InChI is InChI=1S/C8H13BrO2/c1-2-3-4-6(9)7-5-8(10)11-7/h6-7H,2-5H2,1H3/t6-,7+/m0/s1. The van der Waals surface area contributed by atoms with Crippen molar-refractivity contribution in [2.75, 3.05) is 0 Å². The maximum atomic E-state index is 10.4. The molecule has 0 amide bonds. The lowest BCUT2D eigenvalue weighted by atomic mass is 10.0. The van der Waals surface area contributed by atoms with Gasteiger partial charge in [0.2, 0.25) is 0 Å². The lowest BCUT2D eigenvalue weighted by Gasteiger charge is -2.29. The summed E-state index contributed by atoms with van der Waals surface area (Å²) < 4.78 is 4.91. The topological polar surface area (TPSA) is 26.3 Å². The number of ether oxygens (including phenoxy) is 1. The highest BCUT2D eigenvalue weighted by atomic mass is 79.9. The van der Waals surface area contributed by atoms with Crippen molar-refractivity contribution in [2.24, 2.45) is 0 Å². The Bertz CT molecular complexity index is 139. The largest absolute Gasteiger partial charge is 0.460 e.